The van der Waals surface area contributed by atoms with Crippen LogP contribution in [0, 0.1) is 0 Å². The first-order valence-corrected chi connectivity index (χ1v) is 6.57. The second kappa shape index (κ2) is 4.84. The van der Waals surface area contributed by atoms with Crippen LogP contribution in [0.5, 0.6) is 0 Å². The molecule has 0 aromatic heterocycles. The van der Waals surface area contributed by atoms with Crippen molar-refractivity contribution in [2.45, 2.75) is 12.5 Å². The zero-order chi connectivity index (χ0) is 11.9. The molecule has 4 rings (SSSR count). The monoisotopic (exact) mass is 269 g/mol. The van der Waals surface area contributed by atoms with Crippen molar-refractivity contribution < 1.29 is 0 Å². The second-order valence-electron chi connectivity index (χ2n) is 5.03. The Kier molecular flexibility index (Phi) is 3.17. The molecule has 1 saturated heterocycles. The van der Waals surface area contributed by atoms with Gasteiger partial charge >= 0.3 is 0 Å². The summed E-state index contributed by atoms with van der Waals surface area (Å²) in [5.74, 6) is 0. The lowest BCUT2D eigenvalue weighted by atomic mass is 9.90. The third-order valence-electron chi connectivity index (χ3n) is 4.00. The van der Waals surface area contributed by atoms with Gasteiger partial charge in [-0.05, 0) is 46.1 Å². The summed E-state index contributed by atoms with van der Waals surface area (Å²) in [4.78, 5) is 0. The highest BCUT2D eigenvalue weighted by Gasteiger charge is 2.21. The molecule has 1 fully saturated rings. The molecule has 0 amide bonds. The Morgan fingerprint density at radius 2 is 1.47 bits per heavy atom. The van der Waals surface area contributed by atoms with Crippen molar-refractivity contribution >= 4 is 34.0 Å². The quantitative estimate of drug-likeness (QED) is 0.644. The summed E-state index contributed by atoms with van der Waals surface area (Å²) >= 11 is 0. The van der Waals surface area contributed by atoms with Crippen LogP contribution in [-0.4, -0.2) is 6.54 Å². The first kappa shape index (κ1) is 12.5. The van der Waals surface area contributed by atoms with Crippen LogP contribution < -0.4 is 5.32 Å². The summed E-state index contributed by atoms with van der Waals surface area (Å²) in [7, 11) is 0. The molecule has 1 aliphatic rings. The Balaban J connectivity index is 0.00000110. The molecule has 0 aliphatic carbocycles. The van der Waals surface area contributed by atoms with Crippen LogP contribution in [0.3, 0.4) is 0 Å². The molecule has 0 saturated carbocycles. The fourth-order valence-electron chi connectivity index (χ4n) is 2.93. The van der Waals surface area contributed by atoms with Crippen molar-refractivity contribution in [3.63, 3.8) is 0 Å². The Morgan fingerprint density at radius 1 is 0.842 bits per heavy atom. The van der Waals surface area contributed by atoms with Crippen molar-refractivity contribution in [2.24, 2.45) is 0 Å². The maximum atomic E-state index is 3.52. The molecule has 19 heavy (non-hydrogen) atoms. The minimum Gasteiger partial charge on any atom is -0.310 e. The van der Waals surface area contributed by atoms with Gasteiger partial charge in [0.2, 0.25) is 0 Å². The number of rotatable bonds is 1. The molecular formula is C17H16ClN. The van der Waals surface area contributed by atoms with Crippen LogP contribution >= 0.6 is 12.4 Å². The number of halogens is 1. The van der Waals surface area contributed by atoms with Gasteiger partial charge in [0, 0.05) is 6.04 Å². The predicted molar refractivity (Wildman–Crippen MR) is 84.1 cm³/mol. The molecule has 96 valence electrons. The number of hydrogen-bond acceptors (Lipinski definition) is 1. The normalized spacial score (nSPS) is 18.0. The smallest absolute Gasteiger partial charge is 0.0338 e. The zero-order valence-electron chi connectivity index (χ0n) is 10.6. The van der Waals surface area contributed by atoms with Crippen molar-refractivity contribution in [3.8, 4) is 0 Å². The van der Waals surface area contributed by atoms with Gasteiger partial charge in [0.05, 0.1) is 0 Å². The van der Waals surface area contributed by atoms with E-state index >= 15 is 0 Å². The van der Waals surface area contributed by atoms with E-state index in [1.807, 2.05) is 0 Å². The minimum atomic E-state index is 0. The van der Waals surface area contributed by atoms with Gasteiger partial charge in [-0.2, -0.15) is 0 Å². The number of benzene rings is 3. The first-order chi connectivity index (χ1) is 8.93. The number of hydrogen-bond donors (Lipinski definition) is 1. The van der Waals surface area contributed by atoms with E-state index in [4.69, 9.17) is 0 Å². The van der Waals surface area contributed by atoms with Gasteiger partial charge < -0.3 is 5.32 Å². The van der Waals surface area contributed by atoms with Crippen LogP contribution in [0.15, 0.2) is 54.6 Å². The molecule has 3 aromatic carbocycles. The molecule has 1 atom stereocenters. The largest absolute Gasteiger partial charge is 0.310 e. The van der Waals surface area contributed by atoms with E-state index in [2.05, 4.69) is 59.9 Å². The molecule has 0 unspecified atom stereocenters. The molecule has 0 spiro atoms. The molecule has 1 aliphatic heterocycles. The van der Waals surface area contributed by atoms with Crippen molar-refractivity contribution in [1.29, 1.82) is 0 Å². The van der Waals surface area contributed by atoms with E-state index in [0.29, 0.717) is 6.04 Å². The van der Waals surface area contributed by atoms with E-state index in [1.165, 1.54) is 33.5 Å². The standard InChI is InChI=1S/C17H15N.ClH/c1-2-6-13-12(5-1)11-16(17-9-10-18-17)15-8-4-3-7-14(13)15;/h1-8,11,17-18H,9-10H2;1H/t17-;/m1./s1. The van der Waals surface area contributed by atoms with Gasteiger partial charge in [0.25, 0.3) is 0 Å². The third-order valence-corrected chi connectivity index (χ3v) is 4.00. The van der Waals surface area contributed by atoms with Crippen LogP contribution in [0.25, 0.3) is 21.5 Å². The molecule has 3 aromatic rings. The van der Waals surface area contributed by atoms with E-state index in [1.54, 1.807) is 0 Å². The fourth-order valence-corrected chi connectivity index (χ4v) is 2.93. The van der Waals surface area contributed by atoms with Gasteiger partial charge in [0.15, 0.2) is 0 Å². The molecule has 0 radical (unpaired) electrons. The first-order valence-electron chi connectivity index (χ1n) is 6.57. The van der Waals surface area contributed by atoms with Crippen LogP contribution in [-0.2, 0) is 0 Å². The lowest BCUT2D eigenvalue weighted by Crippen LogP contribution is -2.35. The summed E-state index contributed by atoms with van der Waals surface area (Å²) in [6, 6.07) is 20.3. The summed E-state index contributed by atoms with van der Waals surface area (Å²) in [6.07, 6.45) is 1.25. The highest BCUT2D eigenvalue weighted by atomic mass is 35.5. The van der Waals surface area contributed by atoms with Gasteiger partial charge in [-0.15, -0.1) is 12.4 Å². The third kappa shape index (κ3) is 1.90. The van der Waals surface area contributed by atoms with Gasteiger partial charge in [-0.1, -0.05) is 48.5 Å². The van der Waals surface area contributed by atoms with E-state index in [-0.39, 0.29) is 12.4 Å². The average Bonchev–Trinajstić information content (AvgIpc) is 2.37. The Labute approximate surface area is 119 Å². The highest BCUT2D eigenvalue weighted by Crippen LogP contribution is 2.34. The van der Waals surface area contributed by atoms with Crippen LogP contribution in [0.2, 0.25) is 0 Å². The molecular weight excluding hydrogens is 254 g/mol. The lowest BCUT2D eigenvalue weighted by molar-refractivity contribution is 0.386. The Morgan fingerprint density at radius 3 is 2.16 bits per heavy atom. The highest BCUT2D eigenvalue weighted by molar-refractivity contribution is 6.09. The van der Waals surface area contributed by atoms with Gasteiger partial charge in [-0.25, -0.2) is 0 Å². The van der Waals surface area contributed by atoms with Crippen molar-refractivity contribution in [1.82, 2.24) is 5.32 Å². The zero-order valence-corrected chi connectivity index (χ0v) is 11.4. The predicted octanol–water partition coefficient (Wildman–Crippen LogP) is 4.45. The van der Waals surface area contributed by atoms with E-state index in [9.17, 15) is 0 Å². The molecule has 2 heteroatoms. The lowest BCUT2D eigenvalue weighted by Gasteiger charge is -2.29. The molecule has 0 bridgehead atoms. The van der Waals surface area contributed by atoms with Crippen LogP contribution in [0.4, 0.5) is 0 Å². The minimum absolute atomic E-state index is 0. The number of nitrogens with one attached hydrogen (secondary N) is 1. The Hall–Kier alpha value is -1.57. The van der Waals surface area contributed by atoms with Crippen LogP contribution in [0.1, 0.15) is 18.0 Å². The van der Waals surface area contributed by atoms with E-state index < -0.39 is 0 Å². The summed E-state index contributed by atoms with van der Waals surface area (Å²) in [5, 5.41) is 8.99. The number of fused-ring (bicyclic) bond motifs is 3. The molecule has 1 N–H and O–H groups in total. The van der Waals surface area contributed by atoms with E-state index in [0.717, 1.165) is 6.54 Å². The average molecular weight is 270 g/mol. The maximum absolute atomic E-state index is 3.52. The van der Waals surface area contributed by atoms with Crippen molar-refractivity contribution in [2.75, 3.05) is 6.54 Å². The molecule has 1 heterocycles. The summed E-state index contributed by atoms with van der Waals surface area (Å²) in [5.41, 5.74) is 1.45. The topological polar surface area (TPSA) is 12.0 Å². The Bertz CT molecular complexity index is 731. The SMILES string of the molecule is Cl.c1ccc2c(c1)cc([C@H]1CCN1)c1ccccc12. The van der Waals surface area contributed by atoms with Crippen molar-refractivity contribution in [3.05, 3.63) is 60.2 Å². The maximum Gasteiger partial charge on any atom is 0.0338 e. The summed E-state index contributed by atoms with van der Waals surface area (Å²) < 4.78 is 0. The second-order valence-corrected chi connectivity index (χ2v) is 5.03. The fraction of sp³-hybridized carbons (Fsp3) is 0.176. The van der Waals surface area contributed by atoms with Gasteiger partial charge in [-0.3, -0.25) is 0 Å². The summed E-state index contributed by atoms with van der Waals surface area (Å²) in [6.45, 7) is 1.14. The van der Waals surface area contributed by atoms with Gasteiger partial charge in [0.1, 0.15) is 0 Å². The molecule has 1 nitrogen and oxygen atoms in total.